The summed E-state index contributed by atoms with van der Waals surface area (Å²) in [6.07, 6.45) is 0. The first-order chi connectivity index (χ1) is 8.59. The lowest BCUT2D eigenvalue weighted by atomic mass is 10.0. The van der Waals surface area contributed by atoms with Gasteiger partial charge in [0, 0.05) is 0 Å². The molecule has 18 heavy (non-hydrogen) atoms. The Labute approximate surface area is 107 Å². The average Bonchev–Trinajstić information content (AvgIpc) is 2.33. The molecule has 0 heterocycles. The second kappa shape index (κ2) is 5.21. The minimum absolute atomic E-state index is 0.274. The van der Waals surface area contributed by atoms with Crippen LogP contribution in [0.25, 0.3) is 0 Å². The van der Waals surface area contributed by atoms with Crippen LogP contribution < -0.4 is 4.74 Å². The van der Waals surface area contributed by atoms with Gasteiger partial charge in [-0.15, -0.1) is 0 Å². The van der Waals surface area contributed by atoms with Gasteiger partial charge in [-0.3, -0.25) is 0 Å². The number of halogens is 1. The Kier molecular flexibility index (Phi) is 3.66. The van der Waals surface area contributed by atoms with E-state index in [1.807, 2.05) is 32.0 Å². The van der Waals surface area contributed by atoms with Crippen molar-refractivity contribution >= 4 is 0 Å². The fourth-order valence-electron chi connectivity index (χ4n) is 1.96. The molecule has 0 amide bonds. The molecule has 0 spiro atoms. The third-order valence-corrected chi connectivity index (χ3v) is 3.17. The van der Waals surface area contributed by atoms with Gasteiger partial charge in [0.25, 0.3) is 0 Å². The Bertz CT molecular complexity index is 541. The molecule has 0 radical (unpaired) electrons. The van der Waals surface area contributed by atoms with E-state index in [0.717, 1.165) is 5.56 Å². The summed E-state index contributed by atoms with van der Waals surface area (Å²) in [7, 11) is 0. The molecule has 2 rings (SSSR count). The zero-order valence-corrected chi connectivity index (χ0v) is 11.0. The molecule has 2 aromatic rings. The largest absolute Gasteiger partial charge is 0.486 e. The lowest BCUT2D eigenvalue weighted by Crippen LogP contribution is -2.02. The van der Waals surface area contributed by atoms with Gasteiger partial charge in [-0.05, 0) is 49.1 Å². The average molecular weight is 244 g/mol. The van der Waals surface area contributed by atoms with Gasteiger partial charge in [0.2, 0.25) is 0 Å². The van der Waals surface area contributed by atoms with Crippen LogP contribution in [-0.2, 0) is 6.61 Å². The van der Waals surface area contributed by atoms with Crippen molar-refractivity contribution in [3.63, 3.8) is 0 Å². The quantitative estimate of drug-likeness (QED) is 0.780. The molecule has 0 unspecified atom stereocenters. The van der Waals surface area contributed by atoms with E-state index in [-0.39, 0.29) is 5.82 Å². The minimum Gasteiger partial charge on any atom is -0.486 e. The van der Waals surface area contributed by atoms with Crippen molar-refractivity contribution in [2.45, 2.75) is 27.4 Å². The van der Waals surface area contributed by atoms with Crippen LogP contribution in [0.3, 0.4) is 0 Å². The number of benzene rings is 2. The standard InChI is InChI=1S/C16H17FO/c1-11-6-4-7-12(2)14(11)10-18-15-9-5-8-13(3)16(15)17/h4-9H,10H2,1-3H3. The Balaban J connectivity index is 2.19. The van der Waals surface area contributed by atoms with Crippen LogP contribution >= 0.6 is 0 Å². The van der Waals surface area contributed by atoms with E-state index < -0.39 is 0 Å². The van der Waals surface area contributed by atoms with Gasteiger partial charge < -0.3 is 4.74 Å². The van der Waals surface area contributed by atoms with Crippen molar-refractivity contribution in [1.29, 1.82) is 0 Å². The molecule has 0 bridgehead atoms. The molecule has 0 atom stereocenters. The van der Waals surface area contributed by atoms with Crippen LogP contribution in [0, 0.1) is 26.6 Å². The van der Waals surface area contributed by atoms with E-state index in [9.17, 15) is 4.39 Å². The van der Waals surface area contributed by atoms with Gasteiger partial charge in [-0.25, -0.2) is 4.39 Å². The maximum absolute atomic E-state index is 13.8. The predicted octanol–water partition coefficient (Wildman–Crippen LogP) is 4.33. The monoisotopic (exact) mass is 244 g/mol. The smallest absolute Gasteiger partial charge is 0.167 e. The summed E-state index contributed by atoms with van der Waals surface area (Å²) < 4.78 is 19.4. The topological polar surface area (TPSA) is 9.23 Å². The van der Waals surface area contributed by atoms with Gasteiger partial charge in [0.1, 0.15) is 6.61 Å². The van der Waals surface area contributed by atoms with Crippen molar-refractivity contribution in [2.75, 3.05) is 0 Å². The molecule has 94 valence electrons. The van der Waals surface area contributed by atoms with Crippen LogP contribution in [-0.4, -0.2) is 0 Å². The lowest BCUT2D eigenvalue weighted by molar-refractivity contribution is 0.288. The predicted molar refractivity (Wildman–Crippen MR) is 71.4 cm³/mol. The molecular weight excluding hydrogens is 227 g/mol. The highest BCUT2D eigenvalue weighted by molar-refractivity contribution is 5.34. The molecular formula is C16H17FO. The Morgan fingerprint density at radius 1 is 0.889 bits per heavy atom. The fourth-order valence-corrected chi connectivity index (χ4v) is 1.96. The second-order valence-electron chi connectivity index (χ2n) is 4.55. The van der Waals surface area contributed by atoms with Crippen LogP contribution in [0.4, 0.5) is 4.39 Å². The van der Waals surface area contributed by atoms with Crippen LogP contribution in [0.2, 0.25) is 0 Å². The van der Waals surface area contributed by atoms with E-state index in [2.05, 4.69) is 0 Å². The van der Waals surface area contributed by atoms with E-state index in [0.29, 0.717) is 17.9 Å². The van der Waals surface area contributed by atoms with Gasteiger partial charge >= 0.3 is 0 Å². The van der Waals surface area contributed by atoms with Crippen LogP contribution in [0.1, 0.15) is 22.3 Å². The van der Waals surface area contributed by atoms with Crippen molar-refractivity contribution in [2.24, 2.45) is 0 Å². The summed E-state index contributed by atoms with van der Waals surface area (Å²) >= 11 is 0. The zero-order valence-electron chi connectivity index (χ0n) is 11.0. The first kappa shape index (κ1) is 12.6. The molecule has 0 aliphatic carbocycles. The summed E-state index contributed by atoms with van der Waals surface area (Å²) in [4.78, 5) is 0. The van der Waals surface area contributed by atoms with Crippen molar-refractivity contribution in [3.8, 4) is 5.75 Å². The van der Waals surface area contributed by atoms with E-state index in [1.54, 1.807) is 25.1 Å². The third kappa shape index (κ3) is 2.53. The number of ether oxygens (including phenoxy) is 1. The molecule has 2 aromatic carbocycles. The summed E-state index contributed by atoms with van der Waals surface area (Å²) in [5.74, 6) is 0.0430. The number of rotatable bonds is 3. The summed E-state index contributed by atoms with van der Waals surface area (Å²) in [6.45, 7) is 6.22. The highest BCUT2D eigenvalue weighted by atomic mass is 19.1. The highest BCUT2D eigenvalue weighted by Gasteiger charge is 2.08. The molecule has 0 saturated heterocycles. The molecule has 0 aliphatic rings. The number of hydrogen-bond donors (Lipinski definition) is 0. The molecule has 0 N–H and O–H groups in total. The number of hydrogen-bond acceptors (Lipinski definition) is 1. The van der Waals surface area contributed by atoms with Gasteiger partial charge in [-0.2, -0.15) is 0 Å². The Hall–Kier alpha value is -1.83. The summed E-state index contributed by atoms with van der Waals surface area (Å²) in [6, 6.07) is 11.3. The second-order valence-corrected chi connectivity index (χ2v) is 4.55. The molecule has 0 saturated carbocycles. The normalized spacial score (nSPS) is 10.4. The summed E-state index contributed by atoms with van der Waals surface area (Å²) in [5, 5.41) is 0. The van der Waals surface area contributed by atoms with Crippen molar-refractivity contribution in [3.05, 3.63) is 64.5 Å². The van der Waals surface area contributed by atoms with Crippen molar-refractivity contribution < 1.29 is 9.13 Å². The Morgan fingerprint density at radius 2 is 1.44 bits per heavy atom. The van der Waals surface area contributed by atoms with Crippen LogP contribution in [0.5, 0.6) is 5.75 Å². The van der Waals surface area contributed by atoms with E-state index >= 15 is 0 Å². The van der Waals surface area contributed by atoms with Crippen molar-refractivity contribution in [1.82, 2.24) is 0 Å². The van der Waals surface area contributed by atoms with Gasteiger partial charge in [0.15, 0.2) is 11.6 Å². The maximum atomic E-state index is 13.8. The first-order valence-corrected chi connectivity index (χ1v) is 6.02. The zero-order chi connectivity index (χ0) is 13.1. The highest BCUT2D eigenvalue weighted by Crippen LogP contribution is 2.22. The molecule has 0 fully saturated rings. The SMILES string of the molecule is Cc1cccc(OCc2c(C)cccc2C)c1F. The third-order valence-electron chi connectivity index (χ3n) is 3.17. The number of aryl methyl sites for hydroxylation is 3. The lowest BCUT2D eigenvalue weighted by Gasteiger charge is -2.12. The molecule has 0 aliphatic heterocycles. The molecule has 1 nitrogen and oxygen atoms in total. The van der Waals surface area contributed by atoms with Gasteiger partial charge in [-0.1, -0.05) is 30.3 Å². The van der Waals surface area contributed by atoms with Crippen LogP contribution in [0.15, 0.2) is 36.4 Å². The van der Waals surface area contributed by atoms with E-state index in [1.165, 1.54) is 11.1 Å². The Morgan fingerprint density at radius 3 is 2.11 bits per heavy atom. The summed E-state index contributed by atoms with van der Waals surface area (Å²) in [5.41, 5.74) is 4.07. The maximum Gasteiger partial charge on any atom is 0.167 e. The first-order valence-electron chi connectivity index (χ1n) is 6.02. The van der Waals surface area contributed by atoms with Gasteiger partial charge in [0.05, 0.1) is 0 Å². The minimum atomic E-state index is -0.274. The molecule has 0 aromatic heterocycles. The fraction of sp³-hybridized carbons (Fsp3) is 0.250. The van der Waals surface area contributed by atoms with E-state index in [4.69, 9.17) is 4.74 Å². The molecule has 2 heteroatoms.